The highest BCUT2D eigenvalue weighted by Gasteiger charge is 2.17. The fourth-order valence-corrected chi connectivity index (χ4v) is 3.28. The first-order valence-electron chi connectivity index (χ1n) is 8.35. The number of carbonyl (C=O) groups is 1. The Morgan fingerprint density at radius 1 is 1.12 bits per heavy atom. The average molecular weight is 333 g/mol. The number of amides is 1. The lowest BCUT2D eigenvalue weighted by molar-refractivity contribution is 0.102. The van der Waals surface area contributed by atoms with Crippen LogP contribution in [0.2, 0.25) is 0 Å². The fourth-order valence-electron chi connectivity index (χ4n) is 3.28. The molecule has 25 heavy (non-hydrogen) atoms. The van der Waals surface area contributed by atoms with E-state index in [1.54, 1.807) is 13.3 Å². The molecule has 0 unspecified atom stereocenters. The number of aromatic amines is 1. The Labute approximate surface area is 146 Å². The second-order valence-electron chi connectivity index (χ2n) is 6.18. The Hall–Kier alpha value is -3.08. The van der Waals surface area contributed by atoms with Crippen LogP contribution in [0.25, 0.3) is 11.3 Å². The Morgan fingerprint density at radius 3 is 2.72 bits per heavy atom. The van der Waals surface area contributed by atoms with Gasteiger partial charge in [-0.05, 0) is 66.8 Å². The molecular formula is C20H19N3O2. The van der Waals surface area contributed by atoms with Crippen molar-refractivity contribution in [3.8, 4) is 17.0 Å². The van der Waals surface area contributed by atoms with Gasteiger partial charge >= 0.3 is 0 Å². The number of hydrogen-bond acceptors (Lipinski definition) is 3. The number of rotatable bonds is 4. The first kappa shape index (κ1) is 15.4. The molecule has 0 saturated carbocycles. The molecule has 5 heteroatoms. The highest BCUT2D eigenvalue weighted by atomic mass is 16.5. The van der Waals surface area contributed by atoms with Gasteiger partial charge < -0.3 is 10.1 Å². The highest BCUT2D eigenvalue weighted by molar-refractivity contribution is 6.08. The van der Waals surface area contributed by atoms with E-state index in [4.69, 9.17) is 4.74 Å². The van der Waals surface area contributed by atoms with Gasteiger partial charge in [-0.2, -0.15) is 5.10 Å². The van der Waals surface area contributed by atoms with Crippen LogP contribution in [0.5, 0.6) is 5.75 Å². The third-order valence-corrected chi connectivity index (χ3v) is 4.62. The van der Waals surface area contributed by atoms with Crippen LogP contribution in [0, 0.1) is 0 Å². The number of H-pyrrole nitrogens is 1. The molecule has 0 atom stereocenters. The number of fused-ring (bicyclic) bond motifs is 1. The molecule has 1 amide bonds. The molecule has 1 aliphatic carbocycles. The highest BCUT2D eigenvalue weighted by Crippen LogP contribution is 2.27. The van der Waals surface area contributed by atoms with Gasteiger partial charge in [0.05, 0.1) is 24.6 Å². The van der Waals surface area contributed by atoms with E-state index >= 15 is 0 Å². The van der Waals surface area contributed by atoms with Crippen molar-refractivity contribution in [2.45, 2.75) is 19.3 Å². The normalized spacial score (nSPS) is 12.7. The molecule has 3 aromatic rings. The van der Waals surface area contributed by atoms with Crippen LogP contribution in [-0.4, -0.2) is 23.2 Å². The van der Waals surface area contributed by atoms with Crippen molar-refractivity contribution >= 4 is 11.6 Å². The van der Waals surface area contributed by atoms with Crippen molar-refractivity contribution < 1.29 is 9.53 Å². The Kier molecular flexibility index (Phi) is 3.98. The van der Waals surface area contributed by atoms with E-state index in [0.717, 1.165) is 29.8 Å². The van der Waals surface area contributed by atoms with E-state index < -0.39 is 0 Å². The summed E-state index contributed by atoms with van der Waals surface area (Å²) in [7, 11) is 1.63. The number of nitrogens with zero attached hydrogens (tertiary/aromatic N) is 1. The molecule has 0 bridgehead atoms. The van der Waals surface area contributed by atoms with Crippen LogP contribution in [0.1, 0.15) is 27.9 Å². The number of anilines is 1. The Balaban J connectivity index is 1.57. The molecule has 1 aromatic heterocycles. The van der Waals surface area contributed by atoms with E-state index in [1.165, 1.54) is 17.5 Å². The summed E-state index contributed by atoms with van der Waals surface area (Å²) in [4.78, 5) is 12.7. The summed E-state index contributed by atoms with van der Waals surface area (Å²) in [5.41, 5.74) is 5.65. The van der Waals surface area contributed by atoms with Crippen molar-refractivity contribution in [3.63, 3.8) is 0 Å². The number of methoxy groups -OCH3 is 1. The summed E-state index contributed by atoms with van der Waals surface area (Å²) < 4.78 is 5.17. The molecule has 1 aliphatic rings. The van der Waals surface area contributed by atoms with E-state index in [2.05, 4.69) is 27.6 Å². The van der Waals surface area contributed by atoms with E-state index in [1.807, 2.05) is 30.3 Å². The molecular weight excluding hydrogens is 314 g/mol. The largest absolute Gasteiger partial charge is 0.497 e. The number of ether oxygens (including phenoxy) is 1. The number of hydrogen-bond donors (Lipinski definition) is 2. The van der Waals surface area contributed by atoms with E-state index in [-0.39, 0.29) is 5.91 Å². The summed E-state index contributed by atoms with van der Waals surface area (Å²) in [5.74, 6) is 0.602. The standard InChI is InChI=1S/C20H19N3O2/c1-25-17-9-6-14(7-10-17)19-18(12-21-23-19)20(24)22-16-8-5-13-3-2-4-15(13)11-16/h5-12H,2-4H2,1H3,(H,21,23)(H,22,24). The van der Waals surface area contributed by atoms with Gasteiger partial charge in [0.1, 0.15) is 5.75 Å². The summed E-state index contributed by atoms with van der Waals surface area (Å²) >= 11 is 0. The van der Waals surface area contributed by atoms with Gasteiger partial charge in [0, 0.05) is 11.3 Å². The second kappa shape index (κ2) is 6.43. The number of nitrogens with one attached hydrogen (secondary N) is 2. The molecule has 0 radical (unpaired) electrons. The smallest absolute Gasteiger partial charge is 0.259 e. The number of benzene rings is 2. The zero-order valence-electron chi connectivity index (χ0n) is 14.0. The van der Waals surface area contributed by atoms with E-state index in [9.17, 15) is 4.79 Å². The van der Waals surface area contributed by atoms with Crippen molar-refractivity contribution in [3.05, 3.63) is 65.4 Å². The van der Waals surface area contributed by atoms with Gasteiger partial charge in [-0.25, -0.2) is 0 Å². The third kappa shape index (κ3) is 3.01. The summed E-state index contributed by atoms with van der Waals surface area (Å²) in [6.07, 6.45) is 4.97. The lowest BCUT2D eigenvalue weighted by atomic mass is 10.1. The van der Waals surface area contributed by atoms with Crippen molar-refractivity contribution in [2.24, 2.45) is 0 Å². The number of aryl methyl sites for hydroxylation is 2. The molecule has 2 N–H and O–H groups in total. The predicted octanol–water partition coefficient (Wildman–Crippen LogP) is 3.83. The maximum Gasteiger partial charge on any atom is 0.259 e. The van der Waals surface area contributed by atoms with Crippen molar-refractivity contribution in [2.75, 3.05) is 12.4 Å². The number of aromatic nitrogens is 2. The fraction of sp³-hybridized carbons (Fsp3) is 0.200. The SMILES string of the molecule is COc1ccc(-c2[nH]ncc2C(=O)Nc2ccc3c(c2)CCC3)cc1. The quantitative estimate of drug-likeness (QED) is 0.762. The molecule has 126 valence electrons. The van der Waals surface area contributed by atoms with Gasteiger partial charge in [0.25, 0.3) is 5.91 Å². The molecule has 5 nitrogen and oxygen atoms in total. The molecule has 0 saturated heterocycles. The topological polar surface area (TPSA) is 67.0 Å². The third-order valence-electron chi connectivity index (χ3n) is 4.62. The minimum absolute atomic E-state index is 0.169. The van der Waals surface area contributed by atoms with Crippen LogP contribution in [0.4, 0.5) is 5.69 Å². The maximum absolute atomic E-state index is 12.7. The van der Waals surface area contributed by atoms with Crippen molar-refractivity contribution in [1.82, 2.24) is 10.2 Å². The minimum Gasteiger partial charge on any atom is -0.497 e. The first-order valence-corrected chi connectivity index (χ1v) is 8.35. The van der Waals surface area contributed by atoms with Gasteiger partial charge in [0.15, 0.2) is 0 Å². The van der Waals surface area contributed by atoms with Gasteiger partial charge in [0.2, 0.25) is 0 Å². The van der Waals surface area contributed by atoms with Crippen LogP contribution < -0.4 is 10.1 Å². The van der Waals surface area contributed by atoms with Gasteiger partial charge in [-0.1, -0.05) is 6.07 Å². The average Bonchev–Trinajstić information content (AvgIpc) is 3.30. The molecule has 4 rings (SSSR count). The van der Waals surface area contributed by atoms with Crippen LogP contribution in [0.3, 0.4) is 0 Å². The molecule has 0 aliphatic heterocycles. The molecule has 0 fully saturated rings. The molecule has 0 spiro atoms. The molecule has 1 heterocycles. The zero-order valence-corrected chi connectivity index (χ0v) is 14.0. The number of carbonyl (C=O) groups excluding carboxylic acids is 1. The minimum atomic E-state index is -0.169. The van der Waals surface area contributed by atoms with E-state index in [0.29, 0.717) is 11.3 Å². The summed E-state index contributed by atoms with van der Waals surface area (Å²) in [6, 6.07) is 13.7. The van der Waals surface area contributed by atoms with Gasteiger partial charge in [-0.15, -0.1) is 0 Å². The van der Waals surface area contributed by atoms with Crippen molar-refractivity contribution in [1.29, 1.82) is 0 Å². The lowest BCUT2D eigenvalue weighted by Crippen LogP contribution is -2.12. The Bertz CT molecular complexity index is 913. The van der Waals surface area contributed by atoms with Crippen LogP contribution in [-0.2, 0) is 12.8 Å². The van der Waals surface area contributed by atoms with Crippen LogP contribution in [0.15, 0.2) is 48.7 Å². The lowest BCUT2D eigenvalue weighted by Gasteiger charge is -2.08. The summed E-state index contributed by atoms with van der Waals surface area (Å²) in [5, 5.41) is 9.94. The zero-order chi connectivity index (χ0) is 17.2. The Morgan fingerprint density at radius 2 is 1.92 bits per heavy atom. The first-order chi connectivity index (χ1) is 12.2. The monoisotopic (exact) mass is 333 g/mol. The predicted molar refractivity (Wildman–Crippen MR) is 97.0 cm³/mol. The van der Waals surface area contributed by atoms with Crippen LogP contribution >= 0.6 is 0 Å². The second-order valence-corrected chi connectivity index (χ2v) is 6.18. The summed E-state index contributed by atoms with van der Waals surface area (Å²) in [6.45, 7) is 0. The maximum atomic E-state index is 12.7. The molecule has 2 aromatic carbocycles. The van der Waals surface area contributed by atoms with Gasteiger partial charge in [-0.3, -0.25) is 9.89 Å².